The van der Waals surface area contributed by atoms with Gasteiger partial charge in [0.1, 0.15) is 6.10 Å². The van der Waals surface area contributed by atoms with Crippen molar-refractivity contribution >= 4 is 11.9 Å². The minimum atomic E-state index is -0.787. The number of carbonyl (C=O) groups excluding carboxylic acids is 2. The third-order valence-electron chi connectivity index (χ3n) is 11.0. The Bertz CT molecular complexity index is 930. The van der Waals surface area contributed by atoms with Gasteiger partial charge in [-0.3, -0.25) is 9.59 Å². The lowest BCUT2D eigenvalue weighted by Crippen LogP contribution is -2.46. The van der Waals surface area contributed by atoms with Crippen molar-refractivity contribution in [3.63, 3.8) is 0 Å². The summed E-state index contributed by atoms with van der Waals surface area (Å²) in [4.78, 5) is 26.0. The van der Waals surface area contributed by atoms with Crippen LogP contribution in [0.5, 0.6) is 0 Å². The number of hydrogen-bond donors (Lipinski definition) is 3. The number of allylic oxidation sites excluding steroid dienone is 6. The SMILES string of the molecule is CC/C=C/C/C=C/CCCCCCCCCC(=O)OC(CCCCCCC/C=C\CCCCCC)CC(=O)NC(CO)C(O)CCCCCCCCCCCC. The van der Waals surface area contributed by atoms with E-state index in [1.807, 2.05) is 0 Å². The van der Waals surface area contributed by atoms with Gasteiger partial charge in [0.25, 0.3) is 0 Å². The standard InChI is InChI=1S/C50H93NO5/c1-4-7-10-13-16-19-22-24-26-28-31-34-37-40-43-50(55)56-46(41-38-35-32-29-27-25-23-20-17-14-11-8-5-2)44-49(54)51-47(45-52)48(53)42-39-36-33-30-21-18-15-12-9-6-3/h7,10,16,19-20,23,46-48,52-53H,4-6,8-9,11-15,17-18,21-22,24-45H2,1-3H3,(H,51,54)/b10-7+,19-16+,23-20-. The average molecular weight is 788 g/mol. The predicted molar refractivity (Wildman–Crippen MR) is 241 cm³/mol. The van der Waals surface area contributed by atoms with Gasteiger partial charge in [-0.15, -0.1) is 0 Å². The normalized spacial score (nSPS) is 13.6. The zero-order valence-corrected chi connectivity index (χ0v) is 37.3. The van der Waals surface area contributed by atoms with Gasteiger partial charge < -0.3 is 20.3 Å². The van der Waals surface area contributed by atoms with Crippen molar-refractivity contribution in [2.75, 3.05) is 6.61 Å². The van der Waals surface area contributed by atoms with Gasteiger partial charge in [-0.25, -0.2) is 0 Å². The number of carbonyl (C=O) groups is 2. The highest BCUT2D eigenvalue weighted by molar-refractivity contribution is 5.77. The number of unbranched alkanes of at least 4 members (excludes halogenated alkanes) is 25. The minimum Gasteiger partial charge on any atom is -0.462 e. The molecule has 0 spiro atoms. The first-order chi connectivity index (χ1) is 27.5. The summed E-state index contributed by atoms with van der Waals surface area (Å²) in [7, 11) is 0. The first-order valence-corrected chi connectivity index (χ1v) is 24.2. The van der Waals surface area contributed by atoms with Crippen LogP contribution < -0.4 is 5.32 Å². The Morgan fingerprint density at radius 3 is 1.48 bits per heavy atom. The van der Waals surface area contributed by atoms with Crippen molar-refractivity contribution in [2.24, 2.45) is 0 Å². The van der Waals surface area contributed by atoms with Crippen molar-refractivity contribution in [1.29, 1.82) is 0 Å². The van der Waals surface area contributed by atoms with Gasteiger partial charge in [0, 0.05) is 6.42 Å². The van der Waals surface area contributed by atoms with Gasteiger partial charge >= 0.3 is 5.97 Å². The van der Waals surface area contributed by atoms with E-state index in [1.54, 1.807) is 0 Å². The molecule has 0 aromatic rings. The molecule has 0 aromatic carbocycles. The Balaban J connectivity index is 4.60. The second-order valence-electron chi connectivity index (χ2n) is 16.5. The maximum absolute atomic E-state index is 13.1. The predicted octanol–water partition coefficient (Wildman–Crippen LogP) is 14.1. The number of rotatable bonds is 43. The summed E-state index contributed by atoms with van der Waals surface area (Å²) in [5, 5.41) is 23.7. The van der Waals surface area contributed by atoms with Crippen LogP contribution in [-0.4, -0.2) is 46.9 Å². The zero-order valence-electron chi connectivity index (χ0n) is 37.3. The van der Waals surface area contributed by atoms with Gasteiger partial charge in [0.05, 0.1) is 25.2 Å². The maximum Gasteiger partial charge on any atom is 0.306 e. The summed E-state index contributed by atoms with van der Waals surface area (Å²) < 4.78 is 5.91. The van der Waals surface area contributed by atoms with Crippen LogP contribution in [0.25, 0.3) is 0 Å². The molecule has 6 heteroatoms. The van der Waals surface area contributed by atoms with Crippen molar-refractivity contribution in [1.82, 2.24) is 5.32 Å². The van der Waals surface area contributed by atoms with Gasteiger partial charge in [-0.1, -0.05) is 192 Å². The van der Waals surface area contributed by atoms with E-state index < -0.39 is 18.2 Å². The van der Waals surface area contributed by atoms with Crippen LogP contribution in [-0.2, 0) is 14.3 Å². The fraction of sp³-hybridized carbons (Fsp3) is 0.840. The van der Waals surface area contributed by atoms with Gasteiger partial charge in [0.2, 0.25) is 5.91 Å². The van der Waals surface area contributed by atoms with E-state index in [1.165, 1.54) is 116 Å². The molecule has 0 aliphatic rings. The molecule has 0 saturated carbocycles. The summed E-state index contributed by atoms with van der Waals surface area (Å²) >= 11 is 0. The molecule has 0 rings (SSSR count). The molecule has 56 heavy (non-hydrogen) atoms. The smallest absolute Gasteiger partial charge is 0.306 e. The lowest BCUT2D eigenvalue weighted by molar-refractivity contribution is -0.151. The first-order valence-electron chi connectivity index (χ1n) is 24.2. The lowest BCUT2D eigenvalue weighted by atomic mass is 10.0. The molecule has 3 atom stereocenters. The van der Waals surface area contributed by atoms with Crippen LogP contribution in [0, 0.1) is 0 Å². The number of aliphatic hydroxyl groups excluding tert-OH is 2. The summed E-state index contributed by atoms with van der Waals surface area (Å²) in [6.07, 6.45) is 50.6. The minimum absolute atomic E-state index is 0.0703. The highest BCUT2D eigenvalue weighted by Crippen LogP contribution is 2.17. The van der Waals surface area contributed by atoms with Crippen LogP contribution in [0.1, 0.15) is 245 Å². The highest BCUT2D eigenvalue weighted by atomic mass is 16.5. The van der Waals surface area contributed by atoms with Crippen molar-refractivity contribution in [3.05, 3.63) is 36.5 Å². The van der Waals surface area contributed by atoms with E-state index in [-0.39, 0.29) is 24.9 Å². The van der Waals surface area contributed by atoms with Crippen molar-refractivity contribution in [2.45, 2.75) is 264 Å². The molecule has 0 bridgehead atoms. The fourth-order valence-electron chi connectivity index (χ4n) is 7.29. The average Bonchev–Trinajstić information content (AvgIpc) is 3.19. The number of nitrogens with one attached hydrogen (secondary N) is 1. The monoisotopic (exact) mass is 788 g/mol. The van der Waals surface area contributed by atoms with Crippen LogP contribution >= 0.6 is 0 Å². The molecule has 0 radical (unpaired) electrons. The molecule has 0 saturated heterocycles. The molecule has 0 aliphatic carbocycles. The number of ether oxygens (including phenoxy) is 1. The van der Waals surface area contributed by atoms with E-state index in [0.717, 1.165) is 83.5 Å². The quantitative estimate of drug-likeness (QED) is 0.0325. The molecule has 0 fully saturated rings. The summed E-state index contributed by atoms with van der Waals surface area (Å²) in [6.45, 7) is 6.35. The Hall–Kier alpha value is -1.92. The van der Waals surface area contributed by atoms with Crippen LogP contribution in [0.2, 0.25) is 0 Å². The number of aliphatic hydroxyl groups is 2. The Morgan fingerprint density at radius 1 is 0.536 bits per heavy atom. The van der Waals surface area contributed by atoms with Gasteiger partial charge in [-0.2, -0.15) is 0 Å². The molecule has 3 N–H and O–H groups in total. The molecule has 6 nitrogen and oxygen atoms in total. The van der Waals surface area contributed by atoms with Crippen molar-refractivity contribution in [3.8, 4) is 0 Å². The topological polar surface area (TPSA) is 95.9 Å². The van der Waals surface area contributed by atoms with Crippen LogP contribution in [0.3, 0.4) is 0 Å². The van der Waals surface area contributed by atoms with Crippen LogP contribution in [0.4, 0.5) is 0 Å². The molecular weight excluding hydrogens is 695 g/mol. The van der Waals surface area contributed by atoms with Crippen molar-refractivity contribution < 1.29 is 24.5 Å². The Morgan fingerprint density at radius 2 is 0.964 bits per heavy atom. The summed E-state index contributed by atoms with van der Waals surface area (Å²) in [5.74, 6) is -0.487. The number of hydrogen-bond acceptors (Lipinski definition) is 5. The Kier molecular flexibility index (Phi) is 42.7. The van der Waals surface area contributed by atoms with E-state index >= 15 is 0 Å². The van der Waals surface area contributed by atoms with E-state index in [0.29, 0.717) is 19.3 Å². The zero-order chi connectivity index (χ0) is 41.0. The largest absolute Gasteiger partial charge is 0.462 e. The second kappa shape index (κ2) is 44.2. The molecule has 0 aliphatic heterocycles. The third kappa shape index (κ3) is 38.9. The molecule has 1 amide bonds. The summed E-state index contributed by atoms with van der Waals surface area (Å²) in [5.41, 5.74) is 0. The van der Waals surface area contributed by atoms with E-state index in [2.05, 4.69) is 62.5 Å². The Labute approximate surface area is 347 Å². The molecular formula is C50H93NO5. The lowest BCUT2D eigenvalue weighted by Gasteiger charge is -2.24. The third-order valence-corrected chi connectivity index (χ3v) is 11.0. The van der Waals surface area contributed by atoms with Crippen LogP contribution in [0.15, 0.2) is 36.5 Å². The molecule has 3 unspecified atom stereocenters. The van der Waals surface area contributed by atoms with Gasteiger partial charge in [0.15, 0.2) is 0 Å². The van der Waals surface area contributed by atoms with Gasteiger partial charge in [-0.05, 0) is 77.0 Å². The highest BCUT2D eigenvalue weighted by Gasteiger charge is 2.24. The molecule has 0 heterocycles. The van der Waals surface area contributed by atoms with E-state index in [9.17, 15) is 19.8 Å². The second-order valence-corrected chi connectivity index (χ2v) is 16.5. The first kappa shape index (κ1) is 54.1. The maximum atomic E-state index is 13.1. The fourth-order valence-corrected chi connectivity index (χ4v) is 7.29. The van der Waals surface area contributed by atoms with E-state index in [4.69, 9.17) is 4.74 Å². The number of amides is 1. The number of esters is 1. The molecule has 0 aromatic heterocycles. The molecule has 328 valence electrons. The summed E-state index contributed by atoms with van der Waals surface area (Å²) in [6, 6.07) is -0.702.